The molecule has 2 aliphatic rings. The van der Waals surface area contributed by atoms with E-state index in [0.29, 0.717) is 13.0 Å². The van der Waals surface area contributed by atoms with Gasteiger partial charge in [0.2, 0.25) is 5.91 Å². The molecule has 1 heterocycles. The number of carbonyl (C=O) groups excluding carboxylic acids is 2. The second-order valence-electron chi connectivity index (χ2n) is 7.05. The summed E-state index contributed by atoms with van der Waals surface area (Å²) in [6.45, 7) is 2.68. The van der Waals surface area contributed by atoms with Crippen molar-refractivity contribution < 1.29 is 9.59 Å². The molecule has 1 saturated heterocycles. The van der Waals surface area contributed by atoms with E-state index in [0.717, 1.165) is 51.4 Å². The lowest BCUT2D eigenvalue weighted by molar-refractivity contribution is -0.136. The van der Waals surface area contributed by atoms with Gasteiger partial charge in [-0.3, -0.25) is 14.6 Å². The van der Waals surface area contributed by atoms with Crippen LogP contribution in [-0.4, -0.2) is 30.2 Å². The smallest absolute Gasteiger partial charge is 0.224 e. The Kier molecular flexibility index (Phi) is 6.02. The first-order chi connectivity index (χ1) is 11.0. The molecule has 0 radical (unpaired) electrons. The molecule has 1 amide bonds. The number of rotatable bonds is 9. The second kappa shape index (κ2) is 7.79. The largest absolute Gasteiger partial charge is 0.370 e. The Morgan fingerprint density at radius 3 is 2.65 bits per heavy atom. The van der Waals surface area contributed by atoms with Gasteiger partial charge in [-0.1, -0.05) is 19.8 Å². The molecule has 1 spiro atoms. The van der Waals surface area contributed by atoms with Crippen LogP contribution in [0.2, 0.25) is 0 Å². The number of aliphatic imine (C=N–C) groups is 1. The molecule has 0 unspecified atom stereocenters. The van der Waals surface area contributed by atoms with Gasteiger partial charge in [-0.15, -0.1) is 0 Å². The lowest BCUT2D eigenvalue weighted by atomic mass is 9.75. The highest BCUT2D eigenvalue weighted by Gasteiger charge is 2.56. The number of nitrogens with one attached hydrogen (secondary N) is 1. The Morgan fingerprint density at radius 2 is 2.04 bits per heavy atom. The summed E-state index contributed by atoms with van der Waals surface area (Å²) >= 11 is 0. The van der Waals surface area contributed by atoms with Crippen LogP contribution in [0.4, 0.5) is 0 Å². The van der Waals surface area contributed by atoms with Crippen LogP contribution in [-0.2, 0) is 9.59 Å². The maximum absolute atomic E-state index is 12.5. The van der Waals surface area contributed by atoms with Gasteiger partial charge >= 0.3 is 0 Å². The van der Waals surface area contributed by atoms with Crippen LogP contribution >= 0.6 is 0 Å². The molecule has 0 bridgehead atoms. The first-order valence-corrected chi connectivity index (χ1v) is 8.87. The number of carbonyl (C=O) groups is 2. The molecule has 6 heteroatoms. The van der Waals surface area contributed by atoms with Gasteiger partial charge in [-0.2, -0.15) is 0 Å². The van der Waals surface area contributed by atoms with Gasteiger partial charge in [-0.05, 0) is 43.9 Å². The predicted octanol–water partition coefficient (Wildman–Crippen LogP) is 1.47. The van der Waals surface area contributed by atoms with Gasteiger partial charge in [0.05, 0.1) is 6.04 Å². The van der Waals surface area contributed by atoms with E-state index in [9.17, 15) is 9.59 Å². The van der Waals surface area contributed by atoms with Crippen molar-refractivity contribution >= 4 is 17.6 Å². The molecule has 23 heavy (non-hydrogen) atoms. The van der Waals surface area contributed by atoms with E-state index in [1.54, 1.807) is 0 Å². The number of piperidine rings is 1. The van der Waals surface area contributed by atoms with Crippen LogP contribution in [0.1, 0.15) is 64.7 Å². The maximum atomic E-state index is 12.5. The summed E-state index contributed by atoms with van der Waals surface area (Å²) in [6, 6.07) is -0.268. The Bertz CT molecular complexity index is 467. The summed E-state index contributed by atoms with van der Waals surface area (Å²) in [5, 5.41) is 2.96. The highest BCUT2D eigenvalue weighted by molar-refractivity contribution is 5.91. The zero-order valence-electron chi connectivity index (χ0n) is 14.1. The lowest BCUT2D eigenvalue weighted by Crippen LogP contribution is -2.52. The van der Waals surface area contributed by atoms with Gasteiger partial charge in [0.25, 0.3) is 0 Å². The van der Waals surface area contributed by atoms with E-state index in [2.05, 4.69) is 17.2 Å². The average Bonchev–Trinajstić information content (AvgIpc) is 3.25. The molecule has 1 saturated carbocycles. The van der Waals surface area contributed by atoms with Gasteiger partial charge in [-0.25, -0.2) is 0 Å². The number of unbranched alkanes of at least 4 members (excludes halogenated alkanes) is 2. The van der Waals surface area contributed by atoms with E-state index in [4.69, 9.17) is 11.5 Å². The van der Waals surface area contributed by atoms with Crippen molar-refractivity contribution in [2.75, 3.05) is 6.54 Å². The Morgan fingerprint density at radius 1 is 1.30 bits per heavy atom. The van der Waals surface area contributed by atoms with E-state index in [1.165, 1.54) is 0 Å². The third-order valence-electron chi connectivity index (χ3n) is 5.24. The lowest BCUT2D eigenvalue weighted by Gasteiger charge is -2.36. The summed E-state index contributed by atoms with van der Waals surface area (Å²) in [6.07, 6.45) is 8.22. The summed E-state index contributed by atoms with van der Waals surface area (Å²) in [4.78, 5) is 28.8. The number of nitrogens with zero attached hydrogens (tertiary/aromatic N) is 1. The fraction of sp³-hybridized carbons (Fsp3) is 0.824. The minimum atomic E-state index is -0.268. The standard InChI is InChI=1S/C17H30N4O2/c1-2-3-4-7-14(22)13-11-17(8-9-17)12(15(23)21-13)6-5-10-20-16(18)19/h12-13H,2-11H2,1H3,(H,21,23)(H4,18,19,20)/t12-,13+/m0/s1. The number of Topliss-reactive ketones (excluding diaryl/α,β-unsaturated/α-hetero) is 1. The zero-order chi connectivity index (χ0) is 16.9. The second-order valence-corrected chi connectivity index (χ2v) is 7.05. The van der Waals surface area contributed by atoms with Gasteiger partial charge < -0.3 is 16.8 Å². The van der Waals surface area contributed by atoms with Crippen molar-refractivity contribution in [2.24, 2.45) is 27.8 Å². The number of guanidine groups is 1. The highest BCUT2D eigenvalue weighted by Crippen LogP contribution is 2.58. The minimum absolute atomic E-state index is 0.0105. The first-order valence-electron chi connectivity index (χ1n) is 8.87. The number of hydrogen-bond acceptors (Lipinski definition) is 3. The molecule has 1 aliphatic carbocycles. The molecule has 0 aromatic rings. The van der Waals surface area contributed by atoms with E-state index in [1.807, 2.05) is 0 Å². The summed E-state index contributed by atoms with van der Waals surface area (Å²) in [5.74, 6) is 0.359. The Labute approximate surface area is 138 Å². The van der Waals surface area contributed by atoms with E-state index in [-0.39, 0.29) is 35.0 Å². The van der Waals surface area contributed by atoms with Crippen LogP contribution in [0.15, 0.2) is 4.99 Å². The molecule has 1 aliphatic heterocycles. The third kappa shape index (κ3) is 4.69. The van der Waals surface area contributed by atoms with Gasteiger partial charge in [0, 0.05) is 18.9 Å². The van der Waals surface area contributed by atoms with Crippen molar-refractivity contribution in [3.05, 3.63) is 0 Å². The van der Waals surface area contributed by atoms with Crippen molar-refractivity contribution in [3.63, 3.8) is 0 Å². The number of nitrogens with two attached hydrogens (primary N) is 2. The van der Waals surface area contributed by atoms with Gasteiger partial charge in [0.15, 0.2) is 11.7 Å². The number of hydrogen-bond donors (Lipinski definition) is 3. The van der Waals surface area contributed by atoms with Crippen LogP contribution in [0.25, 0.3) is 0 Å². The third-order valence-corrected chi connectivity index (χ3v) is 5.24. The molecular weight excluding hydrogens is 292 g/mol. The van der Waals surface area contributed by atoms with Crippen molar-refractivity contribution in [3.8, 4) is 0 Å². The predicted molar refractivity (Wildman–Crippen MR) is 90.8 cm³/mol. The van der Waals surface area contributed by atoms with Crippen LogP contribution in [0, 0.1) is 11.3 Å². The first kappa shape index (κ1) is 17.8. The van der Waals surface area contributed by atoms with E-state index < -0.39 is 0 Å². The molecule has 5 N–H and O–H groups in total. The summed E-state index contributed by atoms with van der Waals surface area (Å²) < 4.78 is 0. The molecule has 2 fully saturated rings. The molecule has 0 aromatic carbocycles. The fourth-order valence-electron chi connectivity index (χ4n) is 3.72. The highest BCUT2D eigenvalue weighted by atomic mass is 16.2. The SMILES string of the molecule is CCCCCC(=O)[C@H]1CC2(CC2)[C@@H](CCCN=C(N)N)C(=O)N1. The molecule has 0 aromatic heterocycles. The molecule has 130 valence electrons. The number of amides is 1. The average molecular weight is 322 g/mol. The van der Waals surface area contributed by atoms with E-state index >= 15 is 0 Å². The minimum Gasteiger partial charge on any atom is -0.370 e. The van der Waals surface area contributed by atoms with Crippen molar-refractivity contribution in [1.29, 1.82) is 0 Å². The van der Waals surface area contributed by atoms with Crippen LogP contribution < -0.4 is 16.8 Å². The topological polar surface area (TPSA) is 111 Å². The van der Waals surface area contributed by atoms with Crippen LogP contribution in [0.5, 0.6) is 0 Å². The molecular formula is C17H30N4O2. The van der Waals surface area contributed by atoms with Crippen LogP contribution in [0.3, 0.4) is 0 Å². The van der Waals surface area contributed by atoms with Crippen molar-refractivity contribution in [1.82, 2.24) is 5.32 Å². The number of ketones is 1. The fourth-order valence-corrected chi connectivity index (χ4v) is 3.72. The summed E-state index contributed by atoms with van der Waals surface area (Å²) in [7, 11) is 0. The van der Waals surface area contributed by atoms with Crippen molar-refractivity contribution in [2.45, 2.75) is 70.8 Å². The maximum Gasteiger partial charge on any atom is 0.224 e. The quantitative estimate of drug-likeness (QED) is 0.339. The monoisotopic (exact) mass is 322 g/mol. The molecule has 2 rings (SSSR count). The summed E-state index contributed by atoms with van der Waals surface area (Å²) in [5.41, 5.74) is 10.7. The molecule has 6 nitrogen and oxygen atoms in total. The van der Waals surface area contributed by atoms with Gasteiger partial charge in [0.1, 0.15) is 0 Å². The Balaban J connectivity index is 1.86. The normalized spacial score (nSPS) is 25.0. The Hall–Kier alpha value is -1.59. The zero-order valence-corrected chi connectivity index (χ0v) is 14.1. The molecule has 2 atom stereocenters.